The predicted octanol–water partition coefficient (Wildman–Crippen LogP) is 3.36. The van der Waals surface area contributed by atoms with E-state index >= 15 is 0 Å². The quantitative estimate of drug-likeness (QED) is 0.582. The molecule has 2 saturated heterocycles. The highest BCUT2D eigenvalue weighted by molar-refractivity contribution is 5.88. The van der Waals surface area contributed by atoms with Gasteiger partial charge in [-0.1, -0.05) is 0 Å². The minimum absolute atomic E-state index is 0.307. The molecule has 3 aliphatic rings. The molecule has 2 atom stereocenters. The molecule has 2 aromatic rings. The second kappa shape index (κ2) is 8.74. The Morgan fingerprint density at radius 2 is 2.00 bits per heavy atom. The molecule has 2 aromatic heterocycles. The number of H-pyrrole nitrogens is 1. The average molecular weight is 445 g/mol. The Balaban J connectivity index is 1.43. The fraction of sp³-hybridized carbons (Fsp3) is 0.458. The highest BCUT2D eigenvalue weighted by Gasteiger charge is 2.40. The number of hydrogen-bond donors (Lipinski definition) is 3. The van der Waals surface area contributed by atoms with Gasteiger partial charge in [-0.2, -0.15) is 10.4 Å². The number of allylic oxidation sites excluding steroid dienone is 1. The molecule has 0 amide bonds. The first-order chi connectivity index (χ1) is 16.1. The normalized spacial score (nSPS) is 23.7. The van der Waals surface area contributed by atoms with Gasteiger partial charge in [0.2, 0.25) is 0 Å². The maximum atomic E-state index is 11.4. The number of nitrogens with one attached hydrogen (secondary N) is 3. The van der Waals surface area contributed by atoms with Gasteiger partial charge < -0.3 is 15.5 Å². The van der Waals surface area contributed by atoms with E-state index in [2.05, 4.69) is 31.8 Å². The molecule has 0 saturated carbocycles. The van der Waals surface area contributed by atoms with E-state index in [0.717, 1.165) is 42.1 Å². The van der Waals surface area contributed by atoms with Crippen molar-refractivity contribution >= 4 is 35.2 Å². The Morgan fingerprint density at radius 1 is 1.21 bits per heavy atom. The van der Waals surface area contributed by atoms with Crippen LogP contribution in [0.3, 0.4) is 0 Å². The summed E-state index contributed by atoms with van der Waals surface area (Å²) >= 11 is 0. The molecule has 2 unspecified atom stereocenters. The highest BCUT2D eigenvalue weighted by atomic mass is 16.1. The van der Waals surface area contributed by atoms with Crippen LogP contribution >= 0.6 is 0 Å². The van der Waals surface area contributed by atoms with Crippen LogP contribution < -0.4 is 15.5 Å². The molecule has 0 radical (unpaired) electrons. The standard InChI is InChI=1S/C24H28N8O/c1-15-10-23(30-29-15)27-22-13-21-20(7-6-19(14-33)31(21)2)24(28-22)26-16-11-17-4-5-18(12-16)32(17)9-3-8-25/h6-7,10,13,16-18H,3-5,9,11-12H2,1-2H3,(H3,26,27,28,29,30). The van der Waals surface area contributed by atoms with E-state index in [0.29, 0.717) is 41.9 Å². The zero-order valence-electron chi connectivity index (χ0n) is 18.9. The van der Waals surface area contributed by atoms with Gasteiger partial charge in [0.05, 0.1) is 11.8 Å². The van der Waals surface area contributed by atoms with Crippen LogP contribution in [0.1, 0.15) is 43.4 Å². The number of hydrogen-bond acceptors (Lipinski definition) is 8. The Hall–Kier alpha value is -3.60. The summed E-state index contributed by atoms with van der Waals surface area (Å²) in [5, 5.41) is 23.2. The molecule has 3 N–H and O–H groups in total. The molecule has 33 heavy (non-hydrogen) atoms. The van der Waals surface area contributed by atoms with Crippen molar-refractivity contribution in [1.82, 2.24) is 20.1 Å². The second-order valence-corrected chi connectivity index (χ2v) is 9.07. The third-order valence-electron chi connectivity index (χ3n) is 6.94. The van der Waals surface area contributed by atoms with Gasteiger partial charge in [0.1, 0.15) is 17.3 Å². The van der Waals surface area contributed by atoms with Gasteiger partial charge in [0.25, 0.3) is 0 Å². The molecule has 2 fully saturated rings. The summed E-state index contributed by atoms with van der Waals surface area (Å²) < 4.78 is 0. The third kappa shape index (κ3) is 4.11. The van der Waals surface area contributed by atoms with Crippen molar-refractivity contribution in [2.75, 3.05) is 29.1 Å². The van der Waals surface area contributed by atoms with Crippen molar-refractivity contribution in [2.45, 2.75) is 57.2 Å². The summed E-state index contributed by atoms with van der Waals surface area (Å²) in [6, 6.07) is 7.47. The number of piperidine rings is 1. The molecule has 5 heterocycles. The van der Waals surface area contributed by atoms with Crippen LogP contribution in [0.25, 0.3) is 6.08 Å². The summed E-state index contributed by atoms with van der Waals surface area (Å²) in [5.74, 6) is 4.15. The number of anilines is 4. The van der Waals surface area contributed by atoms with Crippen LogP contribution in [-0.4, -0.2) is 57.7 Å². The van der Waals surface area contributed by atoms with E-state index in [9.17, 15) is 4.79 Å². The maximum absolute atomic E-state index is 11.4. The van der Waals surface area contributed by atoms with E-state index < -0.39 is 0 Å². The first-order valence-electron chi connectivity index (χ1n) is 11.5. The van der Waals surface area contributed by atoms with Crippen molar-refractivity contribution in [3.05, 3.63) is 35.2 Å². The van der Waals surface area contributed by atoms with E-state index in [1.54, 1.807) is 6.08 Å². The molecule has 5 rings (SSSR count). The van der Waals surface area contributed by atoms with Crippen molar-refractivity contribution in [2.24, 2.45) is 0 Å². The molecule has 2 bridgehead atoms. The van der Waals surface area contributed by atoms with Crippen molar-refractivity contribution in [1.29, 1.82) is 5.26 Å². The summed E-state index contributed by atoms with van der Waals surface area (Å²) in [7, 11) is 1.86. The van der Waals surface area contributed by atoms with Gasteiger partial charge in [-0.15, -0.1) is 0 Å². The lowest BCUT2D eigenvalue weighted by Crippen LogP contribution is -2.47. The lowest BCUT2D eigenvalue weighted by atomic mass is 9.96. The van der Waals surface area contributed by atoms with Crippen LogP contribution in [0.4, 0.5) is 23.1 Å². The summed E-state index contributed by atoms with van der Waals surface area (Å²) in [4.78, 5) is 20.7. The molecule has 9 nitrogen and oxygen atoms in total. The number of pyridine rings is 1. The Morgan fingerprint density at radius 3 is 2.67 bits per heavy atom. The van der Waals surface area contributed by atoms with E-state index in [1.807, 2.05) is 43.0 Å². The van der Waals surface area contributed by atoms with Crippen LogP contribution in [-0.2, 0) is 4.79 Å². The van der Waals surface area contributed by atoms with Crippen molar-refractivity contribution in [3.63, 3.8) is 0 Å². The number of nitriles is 1. The number of carbonyl (C=O) groups excluding carboxylic acids is 1. The molecule has 9 heteroatoms. The van der Waals surface area contributed by atoms with E-state index in [4.69, 9.17) is 10.2 Å². The number of nitrogens with zero attached hydrogens (tertiary/aromatic N) is 5. The average Bonchev–Trinajstić information content (AvgIpc) is 3.31. The number of fused-ring (bicyclic) bond motifs is 3. The predicted molar refractivity (Wildman–Crippen MR) is 128 cm³/mol. The van der Waals surface area contributed by atoms with Crippen LogP contribution in [0.5, 0.6) is 0 Å². The lowest BCUT2D eigenvalue weighted by molar-refractivity contribution is 0.135. The van der Waals surface area contributed by atoms with Gasteiger partial charge in [0, 0.05) is 61.5 Å². The Labute approximate surface area is 193 Å². The fourth-order valence-electron chi connectivity index (χ4n) is 5.41. The van der Waals surface area contributed by atoms with E-state index in [1.165, 1.54) is 12.8 Å². The van der Waals surface area contributed by atoms with Gasteiger partial charge in [-0.25, -0.2) is 9.78 Å². The smallest absolute Gasteiger partial charge is 0.153 e. The first-order valence-corrected chi connectivity index (χ1v) is 11.5. The van der Waals surface area contributed by atoms with Gasteiger partial charge in [0.15, 0.2) is 11.8 Å². The molecular weight excluding hydrogens is 416 g/mol. The lowest BCUT2D eigenvalue weighted by Gasteiger charge is -2.39. The Bertz CT molecular complexity index is 1160. The van der Waals surface area contributed by atoms with Crippen LogP contribution in [0.15, 0.2) is 23.9 Å². The third-order valence-corrected chi connectivity index (χ3v) is 6.94. The topological polar surface area (TPSA) is 113 Å². The molecule has 3 aliphatic heterocycles. The highest BCUT2D eigenvalue weighted by Crippen LogP contribution is 2.40. The molecule has 0 aliphatic carbocycles. The van der Waals surface area contributed by atoms with Gasteiger partial charge in [-0.3, -0.25) is 10.00 Å². The van der Waals surface area contributed by atoms with Crippen LogP contribution in [0, 0.1) is 18.3 Å². The van der Waals surface area contributed by atoms with Gasteiger partial charge >= 0.3 is 0 Å². The van der Waals surface area contributed by atoms with Gasteiger partial charge in [-0.05, 0) is 44.8 Å². The number of likely N-dealkylation sites (N-methyl/N-ethyl adjacent to an activating group) is 1. The number of aromatic amines is 1. The SMILES string of the molecule is Cc1cc(Nc2cc3c(c(NC4CC5CCC(C4)N5CCC#N)n2)C=CC(=C=O)N3C)n[nH]1. The molecule has 170 valence electrons. The monoisotopic (exact) mass is 444 g/mol. The summed E-state index contributed by atoms with van der Waals surface area (Å²) in [5.41, 5.74) is 3.28. The minimum atomic E-state index is 0.307. The summed E-state index contributed by atoms with van der Waals surface area (Å²) in [6.07, 6.45) is 8.75. The maximum Gasteiger partial charge on any atom is 0.153 e. The van der Waals surface area contributed by atoms with E-state index in [-0.39, 0.29) is 0 Å². The zero-order valence-corrected chi connectivity index (χ0v) is 18.9. The second-order valence-electron chi connectivity index (χ2n) is 9.07. The zero-order chi connectivity index (χ0) is 22.9. The van der Waals surface area contributed by atoms with Crippen molar-refractivity contribution < 1.29 is 4.79 Å². The fourth-order valence-corrected chi connectivity index (χ4v) is 5.41. The Kier molecular flexibility index (Phi) is 5.63. The van der Waals surface area contributed by atoms with Crippen molar-refractivity contribution in [3.8, 4) is 6.07 Å². The largest absolute Gasteiger partial charge is 0.367 e. The number of rotatable bonds is 6. The molecular formula is C24H28N8O. The van der Waals surface area contributed by atoms with Crippen LogP contribution in [0.2, 0.25) is 0 Å². The molecule has 0 spiro atoms. The number of aromatic nitrogens is 3. The number of aryl methyl sites for hydroxylation is 1. The first kappa shape index (κ1) is 21.3. The summed E-state index contributed by atoms with van der Waals surface area (Å²) in [6.45, 7) is 2.81. The molecule has 0 aromatic carbocycles. The minimum Gasteiger partial charge on any atom is -0.367 e.